The molecule has 1 aromatic carbocycles. The summed E-state index contributed by atoms with van der Waals surface area (Å²) in [5.74, 6) is 1.16. The minimum absolute atomic E-state index is 0.417. The molecule has 0 aliphatic heterocycles. The van der Waals surface area contributed by atoms with Gasteiger partial charge in [0.2, 0.25) is 5.95 Å². The van der Waals surface area contributed by atoms with Gasteiger partial charge in [-0.2, -0.15) is 5.10 Å². The summed E-state index contributed by atoms with van der Waals surface area (Å²) in [6, 6.07) is 9.07. The maximum absolute atomic E-state index is 11.2. The van der Waals surface area contributed by atoms with Gasteiger partial charge in [0.15, 0.2) is 6.29 Å². The molecule has 21 heavy (non-hydrogen) atoms. The molecular weight excluding hydrogens is 268 g/mol. The minimum Gasteiger partial charge on any atom is -0.497 e. The number of benzene rings is 1. The summed E-state index contributed by atoms with van der Waals surface area (Å²) in [7, 11) is 1.60. The molecule has 0 N–H and O–H groups in total. The van der Waals surface area contributed by atoms with Crippen molar-refractivity contribution in [2.45, 2.75) is 0 Å². The van der Waals surface area contributed by atoms with Gasteiger partial charge >= 0.3 is 0 Å². The number of hydrogen-bond acceptors (Lipinski definition) is 5. The van der Waals surface area contributed by atoms with Crippen molar-refractivity contribution in [2.75, 3.05) is 7.11 Å². The van der Waals surface area contributed by atoms with Crippen LogP contribution in [-0.2, 0) is 0 Å². The number of carbonyl (C=O) groups is 1. The smallest absolute Gasteiger partial charge is 0.250 e. The first kappa shape index (κ1) is 13.0. The van der Waals surface area contributed by atoms with Gasteiger partial charge in [0.1, 0.15) is 11.4 Å². The third kappa shape index (κ3) is 2.51. The number of aromatic nitrogens is 4. The fourth-order valence-corrected chi connectivity index (χ4v) is 1.96. The first-order valence-electron chi connectivity index (χ1n) is 6.28. The van der Waals surface area contributed by atoms with Gasteiger partial charge in [-0.15, -0.1) is 0 Å². The van der Waals surface area contributed by atoms with E-state index in [1.807, 2.05) is 24.3 Å². The molecule has 0 atom stereocenters. The van der Waals surface area contributed by atoms with Gasteiger partial charge in [0, 0.05) is 24.2 Å². The standard InChI is InChI=1S/C15H12N4O2/c1-21-13-5-3-11(4-6-13)14-12(10-20)9-19(18-14)15-16-7-2-8-17-15/h2-10H,1H3. The molecule has 104 valence electrons. The lowest BCUT2D eigenvalue weighted by molar-refractivity contribution is 0.112. The second-order valence-electron chi connectivity index (χ2n) is 4.27. The van der Waals surface area contributed by atoms with E-state index in [9.17, 15) is 4.79 Å². The van der Waals surface area contributed by atoms with Crippen molar-refractivity contribution in [1.82, 2.24) is 19.7 Å². The van der Waals surface area contributed by atoms with E-state index >= 15 is 0 Å². The molecule has 0 unspecified atom stereocenters. The van der Waals surface area contributed by atoms with Gasteiger partial charge in [-0.25, -0.2) is 14.6 Å². The molecule has 2 aromatic heterocycles. The van der Waals surface area contributed by atoms with Crippen molar-refractivity contribution < 1.29 is 9.53 Å². The van der Waals surface area contributed by atoms with E-state index in [0.29, 0.717) is 17.2 Å². The first-order valence-corrected chi connectivity index (χ1v) is 6.28. The summed E-state index contributed by atoms with van der Waals surface area (Å²) in [5.41, 5.74) is 1.89. The molecule has 0 aliphatic carbocycles. The highest BCUT2D eigenvalue weighted by Crippen LogP contribution is 2.24. The fourth-order valence-electron chi connectivity index (χ4n) is 1.96. The third-order valence-electron chi connectivity index (χ3n) is 2.99. The number of methoxy groups -OCH3 is 1. The fraction of sp³-hybridized carbons (Fsp3) is 0.0667. The van der Waals surface area contributed by atoms with Crippen molar-refractivity contribution in [3.8, 4) is 23.0 Å². The molecule has 0 saturated heterocycles. The SMILES string of the molecule is COc1ccc(-c2nn(-c3ncccn3)cc2C=O)cc1. The molecule has 0 radical (unpaired) electrons. The van der Waals surface area contributed by atoms with Crippen LogP contribution >= 0.6 is 0 Å². The zero-order valence-electron chi connectivity index (χ0n) is 11.3. The summed E-state index contributed by atoms with van der Waals surface area (Å²) >= 11 is 0. The Morgan fingerprint density at radius 1 is 1.14 bits per heavy atom. The summed E-state index contributed by atoms with van der Waals surface area (Å²) in [5, 5.41) is 4.40. The van der Waals surface area contributed by atoms with Crippen LogP contribution in [0.4, 0.5) is 0 Å². The highest BCUT2D eigenvalue weighted by atomic mass is 16.5. The van der Waals surface area contributed by atoms with Crippen LogP contribution in [0, 0.1) is 0 Å². The van der Waals surface area contributed by atoms with Crippen LogP contribution in [-0.4, -0.2) is 33.1 Å². The van der Waals surface area contributed by atoms with E-state index in [-0.39, 0.29) is 0 Å². The number of aldehydes is 1. The lowest BCUT2D eigenvalue weighted by Gasteiger charge is -2.01. The van der Waals surface area contributed by atoms with Crippen molar-refractivity contribution in [3.05, 3.63) is 54.5 Å². The lowest BCUT2D eigenvalue weighted by atomic mass is 10.1. The number of rotatable bonds is 4. The third-order valence-corrected chi connectivity index (χ3v) is 2.99. The van der Waals surface area contributed by atoms with Gasteiger partial charge in [-0.1, -0.05) is 0 Å². The maximum atomic E-state index is 11.2. The quantitative estimate of drug-likeness (QED) is 0.685. The molecule has 3 aromatic rings. The maximum Gasteiger partial charge on any atom is 0.250 e. The van der Waals surface area contributed by atoms with Crippen LogP contribution in [0.2, 0.25) is 0 Å². The zero-order chi connectivity index (χ0) is 14.7. The Labute approximate surface area is 121 Å². The summed E-state index contributed by atoms with van der Waals surface area (Å²) < 4.78 is 6.61. The Morgan fingerprint density at radius 3 is 2.48 bits per heavy atom. The van der Waals surface area contributed by atoms with E-state index in [4.69, 9.17) is 4.74 Å². The van der Waals surface area contributed by atoms with E-state index in [1.54, 1.807) is 31.8 Å². The van der Waals surface area contributed by atoms with E-state index in [2.05, 4.69) is 15.1 Å². The molecule has 3 rings (SSSR count). The minimum atomic E-state index is 0.417. The van der Waals surface area contributed by atoms with Gasteiger partial charge in [0.25, 0.3) is 0 Å². The first-order chi connectivity index (χ1) is 10.3. The molecule has 2 heterocycles. The molecule has 0 amide bonds. The Kier molecular flexibility index (Phi) is 3.42. The van der Waals surface area contributed by atoms with Gasteiger partial charge in [-0.05, 0) is 30.3 Å². The van der Waals surface area contributed by atoms with Crippen molar-refractivity contribution in [1.29, 1.82) is 0 Å². The molecule has 6 nitrogen and oxygen atoms in total. The highest BCUT2D eigenvalue weighted by molar-refractivity contribution is 5.85. The topological polar surface area (TPSA) is 69.9 Å². The van der Waals surface area contributed by atoms with Crippen LogP contribution in [0.3, 0.4) is 0 Å². The number of hydrogen-bond donors (Lipinski definition) is 0. The van der Waals surface area contributed by atoms with Gasteiger partial charge in [0.05, 0.1) is 12.7 Å². The molecule has 0 fully saturated rings. The van der Waals surface area contributed by atoms with Crippen molar-refractivity contribution >= 4 is 6.29 Å². The second-order valence-corrected chi connectivity index (χ2v) is 4.27. The highest BCUT2D eigenvalue weighted by Gasteiger charge is 2.12. The van der Waals surface area contributed by atoms with Gasteiger partial charge < -0.3 is 4.74 Å². The van der Waals surface area contributed by atoms with E-state index < -0.39 is 0 Å². The van der Waals surface area contributed by atoms with Crippen LogP contribution in [0.15, 0.2) is 48.9 Å². The Balaban J connectivity index is 2.05. The van der Waals surface area contributed by atoms with E-state index in [0.717, 1.165) is 17.6 Å². The Morgan fingerprint density at radius 2 is 1.86 bits per heavy atom. The van der Waals surface area contributed by atoms with Crippen LogP contribution in [0.5, 0.6) is 5.75 Å². The van der Waals surface area contributed by atoms with Gasteiger partial charge in [-0.3, -0.25) is 4.79 Å². The molecule has 0 bridgehead atoms. The zero-order valence-corrected chi connectivity index (χ0v) is 11.3. The number of nitrogens with zero attached hydrogens (tertiary/aromatic N) is 4. The largest absolute Gasteiger partial charge is 0.497 e. The Bertz CT molecular complexity index is 751. The monoisotopic (exact) mass is 280 g/mol. The molecule has 0 aliphatic rings. The van der Waals surface area contributed by atoms with Crippen molar-refractivity contribution in [3.63, 3.8) is 0 Å². The predicted molar refractivity (Wildman–Crippen MR) is 76.5 cm³/mol. The molecule has 6 heteroatoms. The van der Waals surface area contributed by atoms with E-state index in [1.165, 1.54) is 4.68 Å². The van der Waals surface area contributed by atoms with Crippen LogP contribution in [0.1, 0.15) is 10.4 Å². The normalized spacial score (nSPS) is 10.3. The Hall–Kier alpha value is -3.02. The second kappa shape index (κ2) is 5.54. The average molecular weight is 280 g/mol. The molecular formula is C15H12N4O2. The summed E-state index contributed by atoms with van der Waals surface area (Å²) in [6.45, 7) is 0. The predicted octanol–water partition coefficient (Wildman–Crippen LogP) is 2.15. The van der Waals surface area contributed by atoms with Crippen molar-refractivity contribution in [2.24, 2.45) is 0 Å². The molecule has 0 saturated carbocycles. The van der Waals surface area contributed by atoms with Crippen LogP contribution in [0.25, 0.3) is 17.2 Å². The molecule has 0 spiro atoms. The number of carbonyl (C=O) groups excluding carboxylic acids is 1. The van der Waals surface area contributed by atoms with Crippen LogP contribution < -0.4 is 4.74 Å². The summed E-state index contributed by atoms with van der Waals surface area (Å²) in [6.07, 6.45) is 5.63. The number of ether oxygens (including phenoxy) is 1. The summed E-state index contributed by atoms with van der Waals surface area (Å²) in [4.78, 5) is 19.5. The lowest BCUT2D eigenvalue weighted by Crippen LogP contribution is -2.00. The average Bonchev–Trinajstić information content (AvgIpc) is 3.00.